The van der Waals surface area contributed by atoms with Crippen molar-refractivity contribution in [2.45, 2.75) is 40.5 Å². The Labute approximate surface area is 134 Å². The minimum atomic E-state index is 0.230. The Hall–Kier alpha value is -0.0800. The van der Waals surface area contributed by atoms with E-state index in [0.29, 0.717) is 5.92 Å². The SMILES string of the molecule is CC1=CC(C)C=C2C(=C1)C(C)(C)CCC(Br)=C2CBr. The van der Waals surface area contributed by atoms with Crippen LogP contribution in [-0.4, -0.2) is 5.33 Å². The van der Waals surface area contributed by atoms with Crippen molar-refractivity contribution >= 4 is 31.9 Å². The number of alkyl halides is 1. The summed E-state index contributed by atoms with van der Waals surface area (Å²) in [6.45, 7) is 9.22. The number of hydrogen-bond donors (Lipinski definition) is 0. The number of hydrogen-bond acceptors (Lipinski definition) is 0. The Morgan fingerprint density at radius 3 is 2.63 bits per heavy atom. The maximum absolute atomic E-state index is 3.80. The topological polar surface area (TPSA) is 0 Å². The first-order valence-electron chi connectivity index (χ1n) is 6.92. The van der Waals surface area contributed by atoms with E-state index in [4.69, 9.17) is 0 Å². The molecule has 0 nitrogen and oxygen atoms in total. The molecule has 1 unspecified atom stereocenters. The molecule has 0 saturated carbocycles. The van der Waals surface area contributed by atoms with E-state index in [2.05, 4.69) is 77.8 Å². The fourth-order valence-electron chi connectivity index (χ4n) is 2.99. The molecule has 1 atom stereocenters. The predicted molar refractivity (Wildman–Crippen MR) is 91.8 cm³/mol. The predicted octanol–water partition coefficient (Wildman–Crippen LogP) is 6.30. The monoisotopic (exact) mass is 384 g/mol. The van der Waals surface area contributed by atoms with Crippen molar-refractivity contribution in [2.24, 2.45) is 11.3 Å². The van der Waals surface area contributed by atoms with Crippen molar-refractivity contribution < 1.29 is 0 Å². The molecule has 0 amide bonds. The van der Waals surface area contributed by atoms with Gasteiger partial charge in [0.15, 0.2) is 0 Å². The lowest BCUT2D eigenvalue weighted by molar-refractivity contribution is 0.421. The largest absolute Gasteiger partial charge is 0.0876 e. The molecule has 2 aliphatic carbocycles. The van der Waals surface area contributed by atoms with Crippen LogP contribution in [0.25, 0.3) is 0 Å². The van der Waals surface area contributed by atoms with Gasteiger partial charge in [-0.15, -0.1) is 0 Å². The van der Waals surface area contributed by atoms with Gasteiger partial charge >= 0.3 is 0 Å². The van der Waals surface area contributed by atoms with Crippen LogP contribution in [0.15, 0.2) is 45.0 Å². The summed E-state index contributed by atoms with van der Waals surface area (Å²) in [6.07, 6.45) is 9.48. The highest BCUT2D eigenvalue weighted by Gasteiger charge is 2.32. The van der Waals surface area contributed by atoms with Gasteiger partial charge in [-0.2, -0.15) is 0 Å². The normalized spacial score (nSPS) is 26.8. The van der Waals surface area contributed by atoms with E-state index in [-0.39, 0.29) is 5.41 Å². The molecule has 0 bridgehead atoms. The second-order valence-corrected chi connectivity index (χ2v) is 7.83. The van der Waals surface area contributed by atoms with Crippen LogP contribution in [0.2, 0.25) is 0 Å². The maximum Gasteiger partial charge on any atom is 0.0296 e. The van der Waals surface area contributed by atoms with Crippen LogP contribution in [0.3, 0.4) is 0 Å². The van der Waals surface area contributed by atoms with Gasteiger partial charge in [0.1, 0.15) is 0 Å². The summed E-state index contributed by atoms with van der Waals surface area (Å²) in [6, 6.07) is 0. The van der Waals surface area contributed by atoms with E-state index in [1.165, 1.54) is 33.2 Å². The first-order chi connectivity index (χ1) is 8.85. The second-order valence-electron chi connectivity index (χ2n) is 6.31. The van der Waals surface area contributed by atoms with E-state index in [9.17, 15) is 0 Å². The zero-order valence-corrected chi connectivity index (χ0v) is 15.4. The second kappa shape index (κ2) is 5.73. The molecule has 0 aromatic carbocycles. The molecule has 0 fully saturated rings. The van der Waals surface area contributed by atoms with E-state index < -0.39 is 0 Å². The van der Waals surface area contributed by atoms with Crippen molar-refractivity contribution in [2.75, 3.05) is 5.33 Å². The lowest BCUT2D eigenvalue weighted by Crippen LogP contribution is -2.15. The molecule has 0 spiro atoms. The van der Waals surface area contributed by atoms with Crippen LogP contribution in [0, 0.1) is 11.3 Å². The fourth-order valence-corrected chi connectivity index (χ4v) is 4.56. The molecule has 0 heterocycles. The molecule has 0 N–H and O–H groups in total. The average Bonchev–Trinajstić information content (AvgIpc) is 2.50. The fraction of sp³-hybridized carbons (Fsp3) is 0.529. The Kier molecular flexibility index (Phi) is 4.62. The van der Waals surface area contributed by atoms with Crippen molar-refractivity contribution in [1.82, 2.24) is 0 Å². The van der Waals surface area contributed by atoms with Gasteiger partial charge in [0.25, 0.3) is 0 Å². The Morgan fingerprint density at radius 2 is 2.00 bits per heavy atom. The van der Waals surface area contributed by atoms with Gasteiger partial charge in [-0.25, -0.2) is 0 Å². The van der Waals surface area contributed by atoms with E-state index in [0.717, 1.165) is 11.8 Å². The summed E-state index contributed by atoms with van der Waals surface area (Å²) in [7, 11) is 0. The minimum absolute atomic E-state index is 0.230. The van der Waals surface area contributed by atoms with E-state index in [1.54, 1.807) is 0 Å². The summed E-state index contributed by atoms with van der Waals surface area (Å²) >= 11 is 7.48. The van der Waals surface area contributed by atoms with Gasteiger partial charge in [0.05, 0.1) is 0 Å². The van der Waals surface area contributed by atoms with Crippen molar-refractivity contribution in [1.29, 1.82) is 0 Å². The van der Waals surface area contributed by atoms with Gasteiger partial charge in [-0.3, -0.25) is 0 Å². The van der Waals surface area contributed by atoms with E-state index in [1.807, 2.05) is 0 Å². The molecule has 19 heavy (non-hydrogen) atoms. The maximum atomic E-state index is 3.80. The summed E-state index contributed by atoms with van der Waals surface area (Å²) < 4.78 is 1.36. The highest BCUT2D eigenvalue weighted by atomic mass is 79.9. The van der Waals surface area contributed by atoms with Crippen molar-refractivity contribution in [3.8, 4) is 0 Å². The van der Waals surface area contributed by atoms with Crippen molar-refractivity contribution in [3.63, 3.8) is 0 Å². The third-order valence-corrected chi connectivity index (χ3v) is 5.54. The molecule has 0 saturated heterocycles. The molecule has 0 aromatic rings. The van der Waals surface area contributed by atoms with Crippen LogP contribution in [0.5, 0.6) is 0 Å². The molecule has 0 aromatic heterocycles. The van der Waals surface area contributed by atoms with Crippen LogP contribution in [0.4, 0.5) is 0 Å². The van der Waals surface area contributed by atoms with E-state index >= 15 is 0 Å². The zero-order valence-electron chi connectivity index (χ0n) is 12.2. The standard InChI is InChI=1S/C17H22Br2/c1-11-7-12(2)9-15-13(8-11)14(10-18)16(19)5-6-17(15,3)4/h7-9,11H,5-6,10H2,1-4H3. The summed E-state index contributed by atoms with van der Waals surface area (Å²) in [5, 5.41) is 0.915. The number of allylic oxidation sites excluding steroid dienone is 8. The zero-order chi connectivity index (χ0) is 14.2. The van der Waals surface area contributed by atoms with Gasteiger partial charge in [0.2, 0.25) is 0 Å². The van der Waals surface area contributed by atoms with Crippen molar-refractivity contribution in [3.05, 3.63) is 45.0 Å². The first-order valence-corrected chi connectivity index (χ1v) is 8.83. The quantitative estimate of drug-likeness (QED) is 0.464. The van der Waals surface area contributed by atoms with Crippen LogP contribution in [0.1, 0.15) is 40.5 Å². The molecular weight excluding hydrogens is 364 g/mol. The Bertz CT molecular complexity index is 501. The molecule has 2 aliphatic rings. The Balaban J connectivity index is 2.65. The third-order valence-electron chi connectivity index (χ3n) is 4.10. The molecule has 2 rings (SSSR count). The first kappa shape index (κ1) is 15.3. The Morgan fingerprint density at radius 1 is 1.32 bits per heavy atom. The number of rotatable bonds is 1. The van der Waals surface area contributed by atoms with Crippen LogP contribution in [-0.2, 0) is 0 Å². The molecule has 0 aliphatic heterocycles. The lowest BCUT2D eigenvalue weighted by Gasteiger charge is -2.28. The van der Waals surface area contributed by atoms with Crippen LogP contribution < -0.4 is 0 Å². The van der Waals surface area contributed by atoms with Crippen LogP contribution >= 0.6 is 31.9 Å². The highest BCUT2D eigenvalue weighted by Crippen LogP contribution is 2.47. The molecule has 2 heteroatoms. The number of halogens is 2. The molecular formula is C17H22Br2. The summed E-state index contributed by atoms with van der Waals surface area (Å²) in [4.78, 5) is 0. The van der Waals surface area contributed by atoms with Gasteiger partial charge < -0.3 is 0 Å². The molecule has 0 radical (unpaired) electrons. The average molecular weight is 386 g/mol. The minimum Gasteiger partial charge on any atom is -0.0876 e. The molecule has 104 valence electrons. The number of fused-ring (bicyclic) bond motifs is 1. The highest BCUT2D eigenvalue weighted by molar-refractivity contribution is 9.12. The van der Waals surface area contributed by atoms with Gasteiger partial charge in [0, 0.05) is 5.33 Å². The summed E-state index contributed by atoms with van der Waals surface area (Å²) in [5.74, 6) is 0.493. The lowest BCUT2D eigenvalue weighted by atomic mass is 9.76. The smallest absolute Gasteiger partial charge is 0.0296 e. The van der Waals surface area contributed by atoms with Gasteiger partial charge in [-0.05, 0) is 52.3 Å². The summed E-state index contributed by atoms with van der Waals surface area (Å²) in [5.41, 5.74) is 5.97. The third kappa shape index (κ3) is 3.16. The van der Waals surface area contributed by atoms with Gasteiger partial charge in [-0.1, -0.05) is 76.4 Å².